The Hall–Kier alpha value is 0.270. The Labute approximate surface area is 127 Å². The van der Waals surface area contributed by atoms with E-state index >= 15 is 0 Å². The predicted molar refractivity (Wildman–Crippen MR) is 85.3 cm³/mol. The molecule has 1 N–H and O–H groups in total. The van der Waals surface area contributed by atoms with Crippen LogP contribution in [0.25, 0.3) is 0 Å². The van der Waals surface area contributed by atoms with E-state index in [1.807, 2.05) is 0 Å². The van der Waals surface area contributed by atoms with E-state index in [1.54, 1.807) is 0 Å². The highest BCUT2D eigenvalue weighted by atomic mass is 32.2. The first kappa shape index (κ1) is 13.9. The summed E-state index contributed by atoms with van der Waals surface area (Å²) in [6, 6.07) is 0. The Kier molecular flexibility index (Phi) is 3.81. The van der Waals surface area contributed by atoms with Crippen LogP contribution >= 0.6 is 11.8 Å². The molecule has 3 unspecified atom stereocenters. The van der Waals surface area contributed by atoms with Gasteiger partial charge in [-0.15, -0.1) is 0 Å². The summed E-state index contributed by atoms with van der Waals surface area (Å²) in [5.74, 6) is 4.43. The Morgan fingerprint density at radius 1 is 1.00 bits per heavy atom. The summed E-state index contributed by atoms with van der Waals surface area (Å²) in [5.41, 5.74) is 0.740. The summed E-state index contributed by atoms with van der Waals surface area (Å²) < 4.78 is 6.28. The fraction of sp³-hybridized carbons (Fsp3) is 1.00. The first-order chi connectivity index (χ1) is 9.83. The van der Waals surface area contributed by atoms with E-state index in [0.717, 1.165) is 18.4 Å². The van der Waals surface area contributed by atoms with Gasteiger partial charge >= 0.3 is 0 Å². The van der Waals surface area contributed by atoms with E-state index in [1.165, 1.54) is 75.8 Å². The molecular weight excluding hydrogens is 266 g/mol. The second-order valence-corrected chi connectivity index (χ2v) is 8.68. The average Bonchev–Trinajstić information content (AvgIpc) is 3.26. The van der Waals surface area contributed by atoms with Crippen molar-refractivity contribution in [2.75, 3.05) is 24.7 Å². The Balaban J connectivity index is 1.56. The molecule has 4 rings (SSSR count). The highest BCUT2D eigenvalue weighted by Crippen LogP contribution is 2.53. The van der Waals surface area contributed by atoms with Gasteiger partial charge in [0, 0.05) is 17.9 Å². The van der Waals surface area contributed by atoms with Gasteiger partial charge in [-0.3, -0.25) is 0 Å². The Morgan fingerprint density at radius 2 is 1.95 bits per heavy atom. The van der Waals surface area contributed by atoms with Gasteiger partial charge < -0.3 is 10.1 Å². The molecule has 3 heteroatoms. The number of hydrogen-bond donors (Lipinski definition) is 1. The van der Waals surface area contributed by atoms with Crippen LogP contribution in [-0.2, 0) is 4.74 Å². The molecule has 4 fully saturated rings. The number of ether oxygens (including phenoxy) is 1. The molecule has 0 aromatic rings. The first-order valence-electron chi connectivity index (χ1n) is 8.80. The minimum Gasteiger partial charge on any atom is -0.374 e. The van der Waals surface area contributed by atoms with Crippen molar-refractivity contribution in [1.29, 1.82) is 0 Å². The molecule has 4 aliphatic rings. The van der Waals surface area contributed by atoms with Crippen molar-refractivity contribution < 1.29 is 4.74 Å². The van der Waals surface area contributed by atoms with Gasteiger partial charge in [-0.05, 0) is 69.1 Å². The van der Waals surface area contributed by atoms with Crippen LogP contribution in [0.15, 0.2) is 0 Å². The lowest BCUT2D eigenvalue weighted by Crippen LogP contribution is -2.57. The van der Waals surface area contributed by atoms with Crippen LogP contribution in [0.2, 0.25) is 0 Å². The fourth-order valence-electron chi connectivity index (χ4n) is 5.09. The maximum absolute atomic E-state index is 6.28. The number of rotatable bonds is 2. The number of thioether (sulfide) groups is 1. The highest BCUT2D eigenvalue weighted by Gasteiger charge is 2.53. The minimum atomic E-state index is 0.253. The molecule has 20 heavy (non-hydrogen) atoms. The summed E-state index contributed by atoms with van der Waals surface area (Å²) in [5, 5.41) is 4.07. The predicted octanol–water partition coefficient (Wildman–Crippen LogP) is 3.60. The molecule has 2 nitrogen and oxygen atoms in total. The first-order valence-corrected chi connectivity index (χ1v) is 9.95. The molecular formula is C17H29NOS. The molecule has 0 radical (unpaired) electrons. The van der Waals surface area contributed by atoms with Gasteiger partial charge in [0.2, 0.25) is 0 Å². The quantitative estimate of drug-likeness (QED) is 0.841. The topological polar surface area (TPSA) is 21.3 Å². The van der Waals surface area contributed by atoms with Crippen molar-refractivity contribution in [3.8, 4) is 0 Å². The third-order valence-electron chi connectivity index (χ3n) is 6.32. The van der Waals surface area contributed by atoms with Crippen molar-refractivity contribution in [3.63, 3.8) is 0 Å². The van der Waals surface area contributed by atoms with E-state index in [9.17, 15) is 0 Å². The van der Waals surface area contributed by atoms with Gasteiger partial charge in [-0.25, -0.2) is 0 Å². The smallest absolute Gasteiger partial charge is 0.0783 e. The molecule has 0 aromatic heterocycles. The van der Waals surface area contributed by atoms with Gasteiger partial charge in [0.05, 0.1) is 5.60 Å². The van der Waals surface area contributed by atoms with Gasteiger partial charge in [0.25, 0.3) is 0 Å². The largest absolute Gasteiger partial charge is 0.374 e. The molecule has 1 saturated carbocycles. The van der Waals surface area contributed by atoms with Crippen LogP contribution in [0.4, 0.5) is 0 Å². The van der Waals surface area contributed by atoms with E-state index in [4.69, 9.17) is 4.74 Å². The third-order valence-corrected chi connectivity index (χ3v) is 7.54. The van der Waals surface area contributed by atoms with E-state index in [2.05, 4.69) is 17.1 Å². The maximum Gasteiger partial charge on any atom is 0.0783 e. The van der Waals surface area contributed by atoms with Gasteiger partial charge in [0.1, 0.15) is 0 Å². The van der Waals surface area contributed by atoms with Gasteiger partial charge in [-0.2, -0.15) is 11.8 Å². The molecule has 3 saturated heterocycles. The van der Waals surface area contributed by atoms with Crippen molar-refractivity contribution in [3.05, 3.63) is 0 Å². The minimum absolute atomic E-state index is 0.253. The van der Waals surface area contributed by atoms with Crippen LogP contribution < -0.4 is 5.32 Å². The van der Waals surface area contributed by atoms with Crippen LogP contribution in [-0.4, -0.2) is 35.8 Å². The summed E-state index contributed by atoms with van der Waals surface area (Å²) in [6.07, 6.45) is 12.6. The van der Waals surface area contributed by atoms with Crippen LogP contribution in [0.3, 0.4) is 0 Å². The van der Waals surface area contributed by atoms with Gasteiger partial charge in [0.15, 0.2) is 0 Å². The summed E-state index contributed by atoms with van der Waals surface area (Å²) in [4.78, 5) is 0. The van der Waals surface area contributed by atoms with Crippen LogP contribution in [0.1, 0.15) is 57.8 Å². The van der Waals surface area contributed by atoms with Crippen molar-refractivity contribution in [2.45, 2.75) is 68.9 Å². The zero-order valence-electron chi connectivity index (χ0n) is 12.7. The monoisotopic (exact) mass is 295 g/mol. The molecule has 3 aliphatic heterocycles. The van der Waals surface area contributed by atoms with E-state index in [-0.39, 0.29) is 5.60 Å². The number of hydrogen-bond acceptors (Lipinski definition) is 3. The zero-order chi connectivity index (χ0) is 13.5. The molecule has 114 valence electrons. The van der Waals surface area contributed by atoms with Crippen LogP contribution in [0, 0.1) is 11.8 Å². The van der Waals surface area contributed by atoms with Crippen LogP contribution in [0.5, 0.6) is 0 Å². The second-order valence-electron chi connectivity index (χ2n) is 7.58. The lowest BCUT2D eigenvalue weighted by Gasteiger charge is -2.48. The fourth-order valence-corrected chi connectivity index (χ4v) is 6.47. The van der Waals surface area contributed by atoms with E-state index in [0.29, 0.717) is 5.54 Å². The van der Waals surface area contributed by atoms with Gasteiger partial charge in [-0.1, -0.05) is 12.8 Å². The lowest BCUT2D eigenvalue weighted by atomic mass is 9.69. The van der Waals surface area contributed by atoms with Crippen molar-refractivity contribution in [1.82, 2.24) is 5.32 Å². The molecule has 3 heterocycles. The molecule has 1 aliphatic carbocycles. The molecule has 3 atom stereocenters. The average molecular weight is 295 g/mol. The lowest BCUT2D eigenvalue weighted by molar-refractivity contribution is -0.0994. The standard InChI is InChI=1S/C17H29NOS/c1-2-7-17(14-4-5-14,18-9-3-1)15-6-10-19-16(12-15)8-11-20-13-16/h14-15,18H,1-13H2. The third kappa shape index (κ3) is 2.44. The summed E-state index contributed by atoms with van der Waals surface area (Å²) >= 11 is 2.11. The normalized spacial score (nSPS) is 46.5. The molecule has 0 amide bonds. The summed E-state index contributed by atoms with van der Waals surface area (Å²) in [6.45, 7) is 2.27. The van der Waals surface area contributed by atoms with Crippen molar-refractivity contribution >= 4 is 11.8 Å². The van der Waals surface area contributed by atoms with E-state index < -0.39 is 0 Å². The summed E-state index contributed by atoms with van der Waals surface area (Å²) in [7, 11) is 0. The Bertz CT molecular complexity index is 341. The molecule has 0 aromatic carbocycles. The molecule has 1 spiro atoms. The van der Waals surface area contributed by atoms with Crippen molar-refractivity contribution in [2.24, 2.45) is 11.8 Å². The second kappa shape index (κ2) is 5.48. The zero-order valence-corrected chi connectivity index (χ0v) is 13.5. The Morgan fingerprint density at radius 3 is 2.75 bits per heavy atom. The SMILES string of the molecule is C1CCNC(C2CC2)(C2CCOC3(CCSC3)C2)CC1. The highest BCUT2D eigenvalue weighted by molar-refractivity contribution is 7.99. The number of nitrogens with one attached hydrogen (secondary N) is 1. The maximum atomic E-state index is 6.28. The molecule has 0 bridgehead atoms.